The van der Waals surface area contributed by atoms with Crippen molar-refractivity contribution in [3.8, 4) is 0 Å². The van der Waals surface area contributed by atoms with Crippen molar-refractivity contribution in [1.29, 1.82) is 0 Å². The minimum absolute atomic E-state index is 0.193. The maximum Gasteiger partial charge on any atom is 0.410 e. The van der Waals surface area contributed by atoms with Crippen LogP contribution in [0.25, 0.3) is 6.08 Å². The van der Waals surface area contributed by atoms with Crippen LogP contribution < -0.4 is 5.73 Å². The Morgan fingerprint density at radius 2 is 1.91 bits per heavy atom. The Balaban J connectivity index is 3.03. The number of alkyl halides is 3. The molecule has 0 radical (unpaired) electrons. The van der Waals surface area contributed by atoms with Crippen LogP contribution in [-0.2, 0) is 9.53 Å². The number of nitro groups is 1. The fourth-order valence-electron chi connectivity index (χ4n) is 1.52. The normalized spacial score (nSPS) is 14.6. The van der Waals surface area contributed by atoms with E-state index in [4.69, 9.17) is 5.73 Å². The molecule has 22 heavy (non-hydrogen) atoms. The highest BCUT2D eigenvalue weighted by Crippen LogP contribution is 2.33. The van der Waals surface area contributed by atoms with Gasteiger partial charge in [0.2, 0.25) is 0 Å². The fourth-order valence-corrected chi connectivity index (χ4v) is 1.52. The van der Waals surface area contributed by atoms with Crippen LogP contribution in [0.4, 0.5) is 18.9 Å². The molecule has 0 saturated heterocycles. The number of ether oxygens (including phenoxy) is 1. The Labute approximate surface area is 123 Å². The van der Waals surface area contributed by atoms with Gasteiger partial charge in [0.1, 0.15) is 5.54 Å². The molecule has 0 saturated carbocycles. The molecule has 1 unspecified atom stereocenters. The zero-order valence-electron chi connectivity index (χ0n) is 11.5. The summed E-state index contributed by atoms with van der Waals surface area (Å²) in [5.74, 6) is -1.10. The van der Waals surface area contributed by atoms with Crippen LogP contribution in [0.2, 0.25) is 0 Å². The molecule has 0 spiro atoms. The molecule has 120 valence electrons. The number of nitrogens with zero attached hydrogens (tertiary/aromatic N) is 1. The summed E-state index contributed by atoms with van der Waals surface area (Å²) in [6, 6.07) is 4.82. The van der Waals surface area contributed by atoms with E-state index < -0.39 is 29.0 Å². The third-order valence-corrected chi connectivity index (χ3v) is 2.87. The van der Waals surface area contributed by atoms with E-state index in [0.717, 1.165) is 25.3 Å². The van der Waals surface area contributed by atoms with Crippen LogP contribution >= 0.6 is 0 Å². The first-order chi connectivity index (χ1) is 10.1. The Morgan fingerprint density at radius 1 is 1.36 bits per heavy atom. The van der Waals surface area contributed by atoms with Crippen molar-refractivity contribution >= 4 is 17.7 Å². The summed E-state index contributed by atoms with van der Waals surface area (Å²) >= 11 is 0. The van der Waals surface area contributed by atoms with Crippen LogP contribution in [0.3, 0.4) is 0 Å². The van der Waals surface area contributed by atoms with Crippen molar-refractivity contribution in [2.45, 2.75) is 18.1 Å². The van der Waals surface area contributed by atoms with Gasteiger partial charge in [-0.3, -0.25) is 14.9 Å². The first-order valence-electron chi connectivity index (χ1n) is 5.95. The van der Waals surface area contributed by atoms with Gasteiger partial charge in [0, 0.05) is 12.1 Å². The summed E-state index contributed by atoms with van der Waals surface area (Å²) in [6.45, 7) is 0. The number of nitro benzene ring substituents is 1. The van der Waals surface area contributed by atoms with Gasteiger partial charge in [0.25, 0.3) is 5.69 Å². The fraction of sp³-hybridized carbons (Fsp3) is 0.308. The minimum Gasteiger partial charge on any atom is -0.469 e. The Morgan fingerprint density at radius 3 is 2.32 bits per heavy atom. The van der Waals surface area contributed by atoms with Crippen LogP contribution in [-0.4, -0.2) is 29.7 Å². The van der Waals surface area contributed by atoms with E-state index in [-0.39, 0.29) is 11.3 Å². The number of nitrogens with two attached hydrogens (primary N) is 1. The van der Waals surface area contributed by atoms with Crippen molar-refractivity contribution in [2.24, 2.45) is 5.73 Å². The molecular formula is C13H13F3N2O4. The average molecular weight is 318 g/mol. The van der Waals surface area contributed by atoms with Gasteiger partial charge in [-0.15, -0.1) is 0 Å². The van der Waals surface area contributed by atoms with Crippen LogP contribution in [0.15, 0.2) is 30.3 Å². The molecule has 9 heteroatoms. The average Bonchev–Trinajstić information content (AvgIpc) is 2.44. The van der Waals surface area contributed by atoms with E-state index in [2.05, 4.69) is 4.74 Å². The molecule has 0 fully saturated rings. The molecule has 1 aromatic rings. The van der Waals surface area contributed by atoms with E-state index in [0.29, 0.717) is 6.08 Å². The maximum absolute atomic E-state index is 13.0. The lowest BCUT2D eigenvalue weighted by molar-refractivity contribution is -0.384. The lowest BCUT2D eigenvalue weighted by Crippen LogP contribution is -2.53. The highest BCUT2D eigenvalue weighted by molar-refractivity contribution is 5.72. The highest BCUT2D eigenvalue weighted by atomic mass is 19.4. The molecule has 1 rings (SSSR count). The van der Waals surface area contributed by atoms with Crippen molar-refractivity contribution in [2.75, 3.05) is 7.11 Å². The molecule has 1 atom stereocenters. The van der Waals surface area contributed by atoms with Gasteiger partial charge >= 0.3 is 12.1 Å². The lowest BCUT2D eigenvalue weighted by atomic mass is 9.94. The van der Waals surface area contributed by atoms with Gasteiger partial charge in [0.05, 0.1) is 18.5 Å². The molecule has 0 heterocycles. The summed E-state index contributed by atoms with van der Waals surface area (Å²) in [6.07, 6.45) is -4.26. The summed E-state index contributed by atoms with van der Waals surface area (Å²) in [5.41, 5.74) is 2.45. The first kappa shape index (κ1) is 17.6. The standard InChI is InChI=1S/C13H13F3N2O4/c1-22-11(19)8-12(17,13(14,15)16)7-6-9-2-4-10(5-3-9)18(20)21/h2-7H,8,17H2,1H3/b7-6+. The molecule has 1 aromatic carbocycles. The SMILES string of the molecule is COC(=O)CC(N)(/C=C/c1ccc([N+](=O)[O-])cc1)C(F)(F)F. The van der Waals surface area contributed by atoms with E-state index in [1.807, 2.05) is 0 Å². The summed E-state index contributed by atoms with van der Waals surface area (Å²) < 4.78 is 43.2. The number of non-ortho nitro benzene ring substituents is 1. The smallest absolute Gasteiger partial charge is 0.410 e. The third kappa shape index (κ3) is 4.29. The number of benzene rings is 1. The molecule has 0 aromatic heterocycles. The van der Waals surface area contributed by atoms with Crippen LogP contribution in [0.5, 0.6) is 0 Å². The first-order valence-corrected chi connectivity index (χ1v) is 5.95. The number of halogens is 3. The quantitative estimate of drug-likeness (QED) is 0.511. The van der Waals surface area contributed by atoms with Crippen LogP contribution in [0, 0.1) is 10.1 Å². The zero-order chi connectivity index (χ0) is 17.0. The number of methoxy groups -OCH3 is 1. The van der Waals surface area contributed by atoms with Gasteiger partial charge in [-0.05, 0) is 17.7 Å². The van der Waals surface area contributed by atoms with E-state index in [1.165, 1.54) is 12.1 Å². The second-order valence-corrected chi connectivity index (χ2v) is 4.47. The Bertz CT molecular complexity index is 584. The maximum atomic E-state index is 13.0. The van der Waals surface area contributed by atoms with Gasteiger partial charge in [0.15, 0.2) is 0 Å². The number of carbonyl (C=O) groups excluding carboxylic acids is 1. The number of hydrogen-bond acceptors (Lipinski definition) is 5. The molecule has 0 aliphatic rings. The molecule has 0 aliphatic heterocycles. The lowest BCUT2D eigenvalue weighted by Gasteiger charge is -2.27. The van der Waals surface area contributed by atoms with Crippen molar-refractivity contribution in [3.63, 3.8) is 0 Å². The molecule has 0 bridgehead atoms. The highest BCUT2D eigenvalue weighted by Gasteiger charge is 2.51. The van der Waals surface area contributed by atoms with E-state index in [9.17, 15) is 28.1 Å². The summed E-state index contributed by atoms with van der Waals surface area (Å²) in [7, 11) is 0.958. The van der Waals surface area contributed by atoms with Crippen molar-refractivity contribution < 1.29 is 27.6 Å². The monoisotopic (exact) mass is 318 g/mol. The Kier molecular flexibility index (Phi) is 5.26. The molecular weight excluding hydrogens is 305 g/mol. The second-order valence-electron chi connectivity index (χ2n) is 4.47. The van der Waals surface area contributed by atoms with Gasteiger partial charge in [-0.2, -0.15) is 13.2 Å². The topological polar surface area (TPSA) is 95.5 Å². The van der Waals surface area contributed by atoms with E-state index in [1.54, 1.807) is 0 Å². The number of esters is 1. The summed E-state index contributed by atoms with van der Waals surface area (Å²) in [4.78, 5) is 20.9. The van der Waals surface area contributed by atoms with E-state index >= 15 is 0 Å². The number of carbonyl (C=O) groups is 1. The van der Waals surface area contributed by atoms with Gasteiger partial charge in [-0.25, -0.2) is 0 Å². The zero-order valence-corrected chi connectivity index (χ0v) is 11.5. The predicted octanol–water partition coefficient (Wildman–Crippen LogP) is 2.43. The second kappa shape index (κ2) is 6.56. The van der Waals surface area contributed by atoms with Gasteiger partial charge < -0.3 is 10.5 Å². The molecule has 6 nitrogen and oxygen atoms in total. The third-order valence-electron chi connectivity index (χ3n) is 2.87. The minimum atomic E-state index is -4.86. The molecule has 0 amide bonds. The number of hydrogen-bond donors (Lipinski definition) is 1. The molecule has 0 aliphatic carbocycles. The largest absolute Gasteiger partial charge is 0.469 e. The van der Waals surface area contributed by atoms with Crippen molar-refractivity contribution in [3.05, 3.63) is 46.0 Å². The Hall–Kier alpha value is -2.42. The van der Waals surface area contributed by atoms with Gasteiger partial charge in [-0.1, -0.05) is 12.2 Å². The molecule has 2 N–H and O–H groups in total. The van der Waals surface area contributed by atoms with Crippen LogP contribution in [0.1, 0.15) is 12.0 Å². The predicted molar refractivity (Wildman–Crippen MR) is 71.7 cm³/mol. The van der Waals surface area contributed by atoms with Crippen molar-refractivity contribution in [1.82, 2.24) is 0 Å². The number of rotatable bonds is 5. The summed E-state index contributed by atoms with van der Waals surface area (Å²) in [5, 5.41) is 10.5.